The number of hydrogen-bond acceptors (Lipinski definition) is 4. The van der Waals surface area contributed by atoms with Crippen LogP contribution in [0.1, 0.15) is 47.9 Å². The highest BCUT2D eigenvalue weighted by atomic mass is 16.2. The molecule has 23 heavy (non-hydrogen) atoms. The van der Waals surface area contributed by atoms with Gasteiger partial charge in [0.2, 0.25) is 0 Å². The third-order valence-electron chi connectivity index (χ3n) is 4.39. The van der Waals surface area contributed by atoms with Crippen LogP contribution in [0.2, 0.25) is 0 Å². The van der Waals surface area contributed by atoms with Crippen LogP contribution >= 0.6 is 0 Å². The maximum atomic E-state index is 12.2. The number of nitrogens with zero attached hydrogens (tertiary/aromatic N) is 4. The third kappa shape index (κ3) is 3.33. The Labute approximate surface area is 134 Å². The van der Waals surface area contributed by atoms with Crippen molar-refractivity contribution in [3.05, 3.63) is 46.1 Å². The van der Waals surface area contributed by atoms with E-state index in [-0.39, 0.29) is 23.6 Å². The summed E-state index contributed by atoms with van der Waals surface area (Å²) in [7, 11) is 1.75. The number of aromatic nitrogens is 4. The molecule has 0 spiro atoms. The molecule has 1 aliphatic carbocycles. The first-order chi connectivity index (χ1) is 11.0. The van der Waals surface area contributed by atoms with Gasteiger partial charge in [-0.1, -0.05) is 0 Å². The maximum absolute atomic E-state index is 12.2. The van der Waals surface area contributed by atoms with Crippen molar-refractivity contribution < 1.29 is 4.79 Å². The summed E-state index contributed by atoms with van der Waals surface area (Å²) in [6, 6.07) is 5.26. The van der Waals surface area contributed by atoms with Crippen LogP contribution in [0, 0.1) is 6.92 Å². The minimum atomic E-state index is -0.0979. The predicted molar refractivity (Wildman–Crippen MR) is 85.2 cm³/mol. The Morgan fingerprint density at radius 1 is 1.22 bits per heavy atom. The molecule has 2 aromatic rings. The number of hydrogen-bond donors (Lipinski definition) is 1. The van der Waals surface area contributed by atoms with Gasteiger partial charge in [-0.3, -0.25) is 14.3 Å². The molecule has 0 radical (unpaired) electrons. The first-order valence-corrected chi connectivity index (χ1v) is 7.90. The molecule has 1 N–H and O–H groups in total. The molecule has 7 heteroatoms. The van der Waals surface area contributed by atoms with Crippen molar-refractivity contribution in [3.63, 3.8) is 0 Å². The van der Waals surface area contributed by atoms with E-state index >= 15 is 0 Å². The molecule has 3 rings (SSSR count). The van der Waals surface area contributed by atoms with Gasteiger partial charge in [-0.2, -0.15) is 10.2 Å². The number of aryl methyl sites for hydroxylation is 2. The van der Waals surface area contributed by atoms with Crippen LogP contribution in [0.15, 0.2) is 29.2 Å². The molecule has 2 aromatic heterocycles. The number of carbonyl (C=O) groups excluding carboxylic acids is 1. The fourth-order valence-corrected chi connectivity index (χ4v) is 3.10. The van der Waals surface area contributed by atoms with Gasteiger partial charge in [0, 0.05) is 25.4 Å². The third-order valence-corrected chi connectivity index (χ3v) is 4.39. The summed E-state index contributed by atoms with van der Waals surface area (Å²) in [5.74, 6) is -0.0979. The molecule has 1 amide bonds. The van der Waals surface area contributed by atoms with Gasteiger partial charge in [0.15, 0.2) is 0 Å². The summed E-state index contributed by atoms with van der Waals surface area (Å²) < 4.78 is 3.16. The summed E-state index contributed by atoms with van der Waals surface area (Å²) in [6.07, 6.45) is 4.98. The lowest BCUT2D eigenvalue weighted by atomic mass is 9.91. The first-order valence-electron chi connectivity index (χ1n) is 7.90. The fraction of sp³-hybridized carbons (Fsp3) is 0.500. The molecule has 2 heterocycles. The van der Waals surface area contributed by atoms with Crippen molar-refractivity contribution in [1.29, 1.82) is 0 Å². The van der Waals surface area contributed by atoms with E-state index in [4.69, 9.17) is 0 Å². The molecule has 0 aliphatic heterocycles. The zero-order valence-corrected chi connectivity index (χ0v) is 13.4. The predicted octanol–water partition coefficient (Wildman–Crippen LogP) is 1.20. The molecule has 0 aromatic carbocycles. The highest BCUT2D eigenvalue weighted by molar-refractivity contribution is 5.92. The molecule has 1 saturated carbocycles. The number of amides is 1. The summed E-state index contributed by atoms with van der Waals surface area (Å²) in [4.78, 5) is 24.1. The Morgan fingerprint density at radius 3 is 2.61 bits per heavy atom. The maximum Gasteiger partial charge on any atom is 0.269 e. The van der Waals surface area contributed by atoms with Gasteiger partial charge >= 0.3 is 0 Å². The molecular weight excluding hydrogens is 294 g/mol. The topological polar surface area (TPSA) is 81.8 Å². The second-order valence-corrected chi connectivity index (χ2v) is 6.08. The molecule has 122 valence electrons. The van der Waals surface area contributed by atoms with Crippen molar-refractivity contribution in [3.8, 4) is 0 Å². The average molecular weight is 315 g/mol. The first kappa shape index (κ1) is 15.5. The Hall–Kier alpha value is -2.44. The standard InChI is InChI=1S/C16H21N5O2/c1-11-3-8-15(22)21(19-11)13-6-4-12(5-7-13)18-16(23)14-9-10-17-20(14)2/h3,8-10,12-13H,4-7H2,1-2H3,(H,18,23). The van der Waals surface area contributed by atoms with Gasteiger partial charge in [-0.15, -0.1) is 0 Å². The van der Waals surface area contributed by atoms with E-state index in [9.17, 15) is 9.59 Å². The molecule has 0 unspecified atom stereocenters. The SMILES string of the molecule is Cc1ccc(=O)n(C2CCC(NC(=O)c3ccnn3C)CC2)n1. The number of carbonyl (C=O) groups is 1. The molecule has 1 fully saturated rings. The van der Waals surface area contributed by atoms with Crippen LogP contribution in [0.3, 0.4) is 0 Å². The highest BCUT2D eigenvalue weighted by Gasteiger charge is 2.25. The van der Waals surface area contributed by atoms with Crippen molar-refractivity contribution >= 4 is 5.91 Å². The Kier molecular flexibility index (Phi) is 4.27. The molecule has 7 nitrogen and oxygen atoms in total. The molecular formula is C16H21N5O2. The number of rotatable bonds is 3. The van der Waals surface area contributed by atoms with Crippen LogP contribution in [-0.4, -0.2) is 31.5 Å². The quantitative estimate of drug-likeness (QED) is 0.922. The van der Waals surface area contributed by atoms with Crippen molar-refractivity contribution in [2.24, 2.45) is 7.05 Å². The molecule has 0 bridgehead atoms. The van der Waals surface area contributed by atoms with E-state index < -0.39 is 0 Å². The second-order valence-electron chi connectivity index (χ2n) is 6.08. The summed E-state index contributed by atoms with van der Waals surface area (Å²) in [5.41, 5.74) is 1.35. The number of nitrogens with one attached hydrogen (secondary N) is 1. The smallest absolute Gasteiger partial charge is 0.269 e. The zero-order valence-electron chi connectivity index (χ0n) is 13.4. The lowest BCUT2D eigenvalue weighted by Crippen LogP contribution is -2.40. The normalized spacial score (nSPS) is 21.1. The fourth-order valence-electron chi connectivity index (χ4n) is 3.10. The minimum Gasteiger partial charge on any atom is -0.348 e. The Balaban J connectivity index is 1.60. The van der Waals surface area contributed by atoms with E-state index in [1.165, 1.54) is 0 Å². The van der Waals surface area contributed by atoms with Gasteiger partial charge in [0.05, 0.1) is 11.7 Å². The highest BCUT2D eigenvalue weighted by Crippen LogP contribution is 2.27. The van der Waals surface area contributed by atoms with E-state index in [0.717, 1.165) is 31.4 Å². The molecule has 0 saturated heterocycles. The Bertz CT molecular complexity index is 756. The van der Waals surface area contributed by atoms with E-state index in [2.05, 4.69) is 15.5 Å². The second kappa shape index (κ2) is 6.36. The van der Waals surface area contributed by atoms with E-state index in [0.29, 0.717) is 5.69 Å². The summed E-state index contributed by atoms with van der Waals surface area (Å²) in [6.45, 7) is 1.88. The molecule has 0 atom stereocenters. The van der Waals surface area contributed by atoms with E-state index in [1.54, 1.807) is 40.8 Å². The Morgan fingerprint density at radius 2 is 1.96 bits per heavy atom. The minimum absolute atomic E-state index is 0.0574. The van der Waals surface area contributed by atoms with Crippen LogP contribution in [-0.2, 0) is 7.05 Å². The van der Waals surface area contributed by atoms with Crippen LogP contribution in [0.4, 0.5) is 0 Å². The zero-order chi connectivity index (χ0) is 16.4. The van der Waals surface area contributed by atoms with Crippen LogP contribution < -0.4 is 10.9 Å². The van der Waals surface area contributed by atoms with Crippen molar-refractivity contribution in [2.75, 3.05) is 0 Å². The van der Waals surface area contributed by atoms with Gasteiger partial charge in [-0.25, -0.2) is 4.68 Å². The lowest BCUT2D eigenvalue weighted by Gasteiger charge is -2.29. The van der Waals surface area contributed by atoms with Gasteiger partial charge in [-0.05, 0) is 44.7 Å². The van der Waals surface area contributed by atoms with Crippen molar-refractivity contribution in [2.45, 2.75) is 44.7 Å². The van der Waals surface area contributed by atoms with Crippen LogP contribution in [0.5, 0.6) is 0 Å². The monoisotopic (exact) mass is 315 g/mol. The lowest BCUT2D eigenvalue weighted by molar-refractivity contribution is 0.0911. The van der Waals surface area contributed by atoms with Gasteiger partial charge < -0.3 is 5.32 Å². The summed E-state index contributed by atoms with van der Waals surface area (Å²) >= 11 is 0. The van der Waals surface area contributed by atoms with Crippen molar-refractivity contribution in [1.82, 2.24) is 24.9 Å². The largest absolute Gasteiger partial charge is 0.348 e. The molecule has 1 aliphatic rings. The van der Waals surface area contributed by atoms with Gasteiger partial charge in [0.25, 0.3) is 11.5 Å². The average Bonchev–Trinajstić information content (AvgIpc) is 2.97. The summed E-state index contributed by atoms with van der Waals surface area (Å²) in [5, 5.41) is 11.4. The van der Waals surface area contributed by atoms with E-state index in [1.807, 2.05) is 6.92 Å². The van der Waals surface area contributed by atoms with Crippen LogP contribution in [0.25, 0.3) is 0 Å². The van der Waals surface area contributed by atoms with Gasteiger partial charge in [0.1, 0.15) is 5.69 Å².